The van der Waals surface area contributed by atoms with Gasteiger partial charge in [0.25, 0.3) is 0 Å². The summed E-state index contributed by atoms with van der Waals surface area (Å²) >= 11 is 0. The van der Waals surface area contributed by atoms with Crippen molar-refractivity contribution in [3.8, 4) is 0 Å². The quantitative estimate of drug-likeness (QED) is 0.283. The zero-order chi connectivity index (χ0) is 22.1. The smallest absolute Gasteiger partial charge is 0.338 e. The van der Waals surface area contributed by atoms with Crippen LogP contribution in [0.5, 0.6) is 0 Å². The first-order valence-electron chi connectivity index (χ1n) is 11.2. The third kappa shape index (κ3) is 4.53. The predicted molar refractivity (Wildman–Crippen MR) is 127 cm³/mol. The summed E-state index contributed by atoms with van der Waals surface area (Å²) in [6, 6.07) is 12.5. The fourth-order valence-electron chi connectivity index (χ4n) is 4.98. The van der Waals surface area contributed by atoms with Gasteiger partial charge in [-0.05, 0) is 83.0 Å². The maximum atomic E-state index is 12.1. The molecule has 160 valence electrons. The van der Waals surface area contributed by atoms with Crippen LogP contribution in [-0.4, -0.2) is 12.6 Å². The average molecular weight is 405 g/mol. The highest BCUT2D eigenvalue weighted by Gasteiger charge is 2.42. The predicted octanol–water partition coefficient (Wildman–Crippen LogP) is 7.47. The van der Waals surface area contributed by atoms with Gasteiger partial charge in [-0.2, -0.15) is 0 Å². The van der Waals surface area contributed by atoms with Crippen LogP contribution in [0.2, 0.25) is 0 Å². The number of rotatable bonds is 6. The number of unbranched alkanes of at least 4 members (excludes halogenated alkanes) is 1. The van der Waals surface area contributed by atoms with E-state index < -0.39 is 0 Å². The van der Waals surface area contributed by atoms with E-state index in [1.54, 1.807) is 0 Å². The van der Waals surface area contributed by atoms with Crippen LogP contribution >= 0.6 is 0 Å². The Kier molecular flexibility index (Phi) is 6.26. The third-order valence-electron chi connectivity index (χ3n) is 6.39. The van der Waals surface area contributed by atoms with Gasteiger partial charge in [0.2, 0.25) is 0 Å². The molecule has 0 fully saturated rings. The van der Waals surface area contributed by atoms with Crippen molar-refractivity contribution in [1.82, 2.24) is 0 Å². The molecule has 0 atom stereocenters. The molecule has 0 aromatic heterocycles. The molecular weight excluding hydrogens is 368 g/mol. The molecule has 2 aromatic rings. The molecule has 0 spiro atoms. The van der Waals surface area contributed by atoms with Gasteiger partial charge < -0.3 is 4.74 Å². The Morgan fingerprint density at radius 2 is 1.63 bits per heavy atom. The summed E-state index contributed by atoms with van der Waals surface area (Å²) in [7, 11) is 0. The molecule has 0 unspecified atom stereocenters. The highest BCUT2D eigenvalue weighted by molar-refractivity contribution is 5.90. The molecule has 3 rings (SSSR count). The van der Waals surface area contributed by atoms with Crippen molar-refractivity contribution < 1.29 is 9.53 Å². The number of allylic oxidation sites excluding steroid dienone is 1. The molecular formula is C28H36O2. The fourth-order valence-corrected chi connectivity index (χ4v) is 4.98. The van der Waals surface area contributed by atoms with Crippen LogP contribution in [0.3, 0.4) is 0 Å². The van der Waals surface area contributed by atoms with Crippen LogP contribution in [0.15, 0.2) is 36.4 Å². The minimum atomic E-state index is -0.241. The summed E-state index contributed by atoms with van der Waals surface area (Å²) in [5.74, 6) is -0.241. The summed E-state index contributed by atoms with van der Waals surface area (Å²) in [6.45, 7) is 16.4. The largest absolute Gasteiger partial charge is 0.462 e. The van der Waals surface area contributed by atoms with Crippen molar-refractivity contribution in [3.05, 3.63) is 69.8 Å². The summed E-state index contributed by atoms with van der Waals surface area (Å²) in [5, 5.41) is 0. The van der Waals surface area contributed by atoms with Gasteiger partial charge >= 0.3 is 5.97 Å². The summed E-state index contributed by atoms with van der Waals surface area (Å²) < 4.78 is 5.30. The number of carbonyl (C=O) groups is 1. The van der Waals surface area contributed by atoms with E-state index in [1.165, 1.54) is 34.2 Å². The highest BCUT2D eigenvalue weighted by Crippen LogP contribution is 2.50. The van der Waals surface area contributed by atoms with Crippen LogP contribution in [0.1, 0.15) is 99.0 Å². The molecule has 2 nitrogen and oxygen atoms in total. The lowest BCUT2D eigenvalue weighted by Gasteiger charge is -2.22. The number of aryl methyl sites for hydroxylation is 1. The average Bonchev–Trinajstić information content (AvgIpc) is 2.85. The van der Waals surface area contributed by atoms with Gasteiger partial charge in [0.05, 0.1) is 12.2 Å². The molecule has 1 aliphatic rings. The maximum absolute atomic E-state index is 12.1. The first-order valence-corrected chi connectivity index (χ1v) is 11.2. The Morgan fingerprint density at radius 3 is 2.23 bits per heavy atom. The molecule has 0 amide bonds. The van der Waals surface area contributed by atoms with E-state index in [0.29, 0.717) is 12.2 Å². The first kappa shape index (κ1) is 22.3. The van der Waals surface area contributed by atoms with Gasteiger partial charge in [-0.15, -0.1) is 0 Å². The van der Waals surface area contributed by atoms with Crippen LogP contribution in [0, 0.1) is 6.92 Å². The molecule has 0 radical (unpaired) electrons. The van der Waals surface area contributed by atoms with E-state index in [1.807, 2.05) is 24.3 Å². The van der Waals surface area contributed by atoms with E-state index in [9.17, 15) is 4.79 Å². The Hall–Kier alpha value is -2.35. The van der Waals surface area contributed by atoms with E-state index >= 15 is 0 Å². The lowest BCUT2D eigenvalue weighted by atomic mass is 9.82. The van der Waals surface area contributed by atoms with Crippen molar-refractivity contribution in [2.75, 3.05) is 6.61 Å². The summed E-state index contributed by atoms with van der Waals surface area (Å²) in [5.41, 5.74) is 8.97. The van der Waals surface area contributed by atoms with Gasteiger partial charge in [-0.1, -0.05) is 71.4 Å². The number of fused-ring (bicyclic) bond motifs is 1. The number of carbonyl (C=O) groups excluding carboxylic acids is 1. The summed E-state index contributed by atoms with van der Waals surface area (Å²) in [6.07, 6.45) is 5.30. The number of benzene rings is 2. The number of ether oxygens (including phenoxy) is 1. The van der Waals surface area contributed by atoms with Gasteiger partial charge in [0.1, 0.15) is 0 Å². The number of hydrogen-bond acceptors (Lipinski definition) is 2. The normalized spacial score (nSPS) is 17.0. The van der Waals surface area contributed by atoms with Crippen molar-refractivity contribution in [2.45, 2.75) is 78.6 Å². The molecule has 0 saturated heterocycles. The van der Waals surface area contributed by atoms with Gasteiger partial charge in [0.15, 0.2) is 0 Å². The second kappa shape index (κ2) is 8.41. The lowest BCUT2D eigenvalue weighted by Crippen LogP contribution is -2.17. The SMILES string of the molecule is CCCCOC(=O)c1ccc(C=C(C)c2cc3c(cc2C)C(C)(C)CC3(C)C)cc1. The van der Waals surface area contributed by atoms with Gasteiger partial charge in [-0.25, -0.2) is 4.79 Å². The Labute approximate surface area is 182 Å². The van der Waals surface area contributed by atoms with Gasteiger partial charge in [-0.3, -0.25) is 0 Å². The topological polar surface area (TPSA) is 26.3 Å². The van der Waals surface area contributed by atoms with Crippen molar-refractivity contribution in [2.24, 2.45) is 0 Å². The molecule has 1 aliphatic carbocycles. The Balaban J connectivity index is 1.85. The molecule has 0 N–H and O–H groups in total. The van der Waals surface area contributed by atoms with Crippen molar-refractivity contribution in [1.29, 1.82) is 0 Å². The monoisotopic (exact) mass is 404 g/mol. The standard InChI is InChI=1S/C28H36O2/c1-8-9-14-30-26(29)22-12-10-21(11-13-22)15-19(2)23-17-25-24(16-20(23)3)27(4,5)18-28(25,6)7/h10-13,15-17H,8-9,14,18H2,1-7H3. The molecule has 2 heteroatoms. The zero-order valence-corrected chi connectivity index (χ0v) is 19.7. The Bertz CT molecular complexity index is 959. The second-order valence-corrected chi connectivity index (χ2v) is 10.1. The molecule has 0 heterocycles. The molecule has 2 aromatic carbocycles. The maximum Gasteiger partial charge on any atom is 0.338 e. The Morgan fingerprint density at radius 1 is 1.03 bits per heavy atom. The van der Waals surface area contributed by atoms with E-state index in [4.69, 9.17) is 4.74 Å². The number of esters is 1. The second-order valence-electron chi connectivity index (χ2n) is 10.1. The third-order valence-corrected chi connectivity index (χ3v) is 6.39. The van der Waals surface area contributed by atoms with Crippen LogP contribution in [0.25, 0.3) is 11.6 Å². The lowest BCUT2D eigenvalue weighted by molar-refractivity contribution is 0.0499. The number of hydrogen-bond donors (Lipinski definition) is 0. The first-order chi connectivity index (χ1) is 14.0. The van der Waals surface area contributed by atoms with Crippen LogP contribution < -0.4 is 0 Å². The summed E-state index contributed by atoms with van der Waals surface area (Å²) in [4.78, 5) is 12.1. The van der Waals surface area contributed by atoms with Crippen LogP contribution in [0.4, 0.5) is 0 Å². The van der Waals surface area contributed by atoms with E-state index in [2.05, 4.69) is 66.7 Å². The van der Waals surface area contributed by atoms with Crippen LogP contribution in [-0.2, 0) is 15.6 Å². The molecule has 30 heavy (non-hydrogen) atoms. The van der Waals surface area contributed by atoms with Crippen molar-refractivity contribution in [3.63, 3.8) is 0 Å². The molecule has 0 saturated carbocycles. The molecule has 0 aliphatic heterocycles. The molecule has 0 bridgehead atoms. The van der Waals surface area contributed by atoms with E-state index in [0.717, 1.165) is 18.4 Å². The zero-order valence-electron chi connectivity index (χ0n) is 19.7. The fraction of sp³-hybridized carbons (Fsp3) is 0.464. The minimum Gasteiger partial charge on any atom is -0.462 e. The highest BCUT2D eigenvalue weighted by atomic mass is 16.5. The van der Waals surface area contributed by atoms with Gasteiger partial charge in [0, 0.05) is 0 Å². The van der Waals surface area contributed by atoms with E-state index in [-0.39, 0.29) is 16.8 Å². The minimum absolute atomic E-state index is 0.196. The van der Waals surface area contributed by atoms with Crippen molar-refractivity contribution >= 4 is 17.6 Å².